The van der Waals surface area contributed by atoms with Gasteiger partial charge in [-0.15, -0.1) is 0 Å². The van der Waals surface area contributed by atoms with Crippen molar-refractivity contribution in [2.45, 2.75) is 39.8 Å². The molecule has 7 heteroatoms. The molecule has 1 saturated heterocycles. The Kier molecular flexibility index (Phi) is 6.41. The number of amides is 2. The molecule has 1 N–H and O–H groups in total. The number of aromatic nitrogens is 2. The van der Waals surface area contributed by atoms with Gasteiger partial charge in [0.15, 0.2) is 0 Å². The molecule has 166 valence electrons. The van der Waals surface area contributed by atoms with Gasteiger partial charge in [0.1, 0.15) is 0 Å². The average Bonchev–Trinajstić information content (AvgIpc) is 2.78. The van der Waals surface area contributed by atoms with Crippen LogP contribution in [0.5, 0.6) is 0 Å². The molecule has 0 bridgehead atoms. The molecule has 4 rings (SSSR count). The van der Waals surface area contributed by atoms with Gasteiger partial charge in [0.2, 0.25) is 5.95 Å². The van der Waals surface area contributed by atoms with Crippen LogP contribution in [-0.2, 0) is 13.0 Å². The Hall–Kier alpha value is -2.67. The number of hydrogen-bond acceptors (Lipinski definition) is 5. The van der Waals surface area contributed by atoms with Crippen LogP contribution < -0.4 is 10.2 Å². The quantitative estimate of drug-likeness (QED) is 0.821. The van der Waals surface area contributed by atoms with Crippen molar-refractivity contribution < 1.29 is 4.79 Å². The summed E-state index contributed by atoms with van der Waals surface area (Å²) in [5.41, 5.74) is 2.84. The lowest BCUT2D eigenvalue weighted by molar-refractivity contribution is 0.145. The number of carbonyl (C=O) groups excluding carboxylic acids is 1. The summed E-state index contributed by atoms with van der Waals surface area (Å²) in [5, 5.41) is 3.35. The molecular formula is C24H34N6O. The number of urea groups is 1. The number of benzene rings is 1. The lowest BCUT2D eigenvalue weighted by atomic mass is 9.86. The Balaban J connectivity index is 1.34. The van der Waals surface area contributed by atoms with E-state index in [0.717, 1.165) is 45.1 Å². The third-order valence-corrected chi connectivity index (χ3v) is 6.40. The molecule has 1 atom stereocenters. The fraction of sp³-hybridized carbons (Fsp3) is 0.542. The molecule has 2 aliphatic heterocycles. The zero-order valence-corrected chi connectivity index (χ0v) is 18.9. The predicted octanol–water partition coefficient (Wildman–Crippen LogP) is 2.78. The highest BCUT2D eigenvalue weighted by Gasteiger charge is 2.31. The van der Waals surface area contributed by atoms with Gasteiger partial charge in [-0.05, 0) is 29.0 Å². The van der Waals surface area contributed by atoms with Gasteiger partial charge in [0.25, 0.3) is 0 Å². The van der Waals surface area contributed by atoms with Crippen LogP contribution in [0.2, 0.25) is 0 Å². The van der Waals surface area contributed by atoms with Crippen LogP contribution in [0.4, 0.5) is 10.7 Å². The molecule has 1 unspecified atom stereocenters. The molecule has 2 aromatic rings. The van der Waals surface area contributed by atoms with Gasteiger partial charge in [-0.3, -0.25) is 4.90 Å². The molecule has 0 radical (unpaired) electrons. The highest BCUT2D eigenvalue weighted by molar-refractivity contribution is 5.75. The van der Waals surface area contributed by atoms with Gasteiger partial charge in [-0.2, -0.15) is 0 Å². The molecule has 3 heterocycles. The Morgan fingerprint density at radius 2 is 1.68 bits per heavy atom. The molecule has 0 aliphatic carbocycles. The molecule has 0 saturated carbocycles. The van der Waals surface area contributed by atoms with Crippen LogP contribution in [0, 0.1) is 5.41 Å². The van der Waals surface area contributed by atoms with Crippen LogP contribution in [0.3, 0.4) is 0 Å². The first kappa shape index (κ1) is 21.6. The molecular weight excluding hydrogens is 388 g/mol. The second kappa shape index (κ2) is 9.22. The zero-order valence-electron chi connectivity index (χ0n) is 18.9. The topological polar surface area (TPSA) is 64.6 Å². The standard InChI is InChI=1S/C24H34N6O/c1-24(2,3)21(18-28-12-9-19-7-4-5-8-20(19)17-28)27-23(31)30-15-13-29(14-16-30)22-25-10-6-11-26-22/h4-8,10-11,21H,9,12-18H2,1-3H3,(H,27,31). The fourth-order valence-electron chi connectivity index (χ4n) is 4.31. The van der Waals surface area contributed by atoms with Crippen molar-refractivity contribution in [1.29, 1.82) is 0 Å². The molecule has 2 amide bonds. The van der Waals surface area contributed by atoms with Gasteiger partial charge < -0.3 is 15.1 Å². The lowest BCUT2D eigenvalue weighted by Gasteiger charge is -2.40. The minimum Gasteiger partial charge on any atom is -0.337 e. The Morgan fingerprint density at radius 3 is 2.35 bits per heavy atom. The van der Waals surface area contributed by atoms with Gasteiger partial charge in [-0.25, -0.2) is 14.8 Å². The normalized spacial score (nSPS) is 18.4. The third-order valence-electron chi connectivity index (χ3n) is 6.40. The van der Waals surface area contributed by atoms with Crippen LogP contribution in [-0.4, -0.2) is 71.1 Å². The summed E-state index contributed by atoms with van der Waals surface area (Å²) in [6.45, 7) is 12.3. The van der Waals surface area contributed by atoms with E-state index < -0.39 is 0 Å². The maximum Gasteiger partial charge on any atom is 0.317 e. The second-order valence-corrected chi connectivity index (χ2v) is 9.64. The molecule has 7 nitrogen and oxygen atoms in total. The molecule has 1 aromatic carbocycles. The lowest BCUT2D eigenvalue weighted by Crippen LogP contribution is -2.58. The monoisotopic (exact) mass is 422 g/mol. The smallest absolute Gasteiger partial charge is 0.317 e. The minimum atomic E-state index is -0.0215. The largest absolute Gasteiger partial charge is 0.337 e. The van der Waals surface area contributed by atoms with E-state index in [1.54, 1.807) is 12.4 Å². The van der Waals surface area contributed by atoms with Gasteiger partial charge in [0, 0.05) is 64.2 Å². The number of hydrogen-bond donors (Lipinski definition) is 1. The number of fused-ring (bicyclic) bond motifs is 1. The summed E-state index contributed by atoms with van der Waals surface area (Å²) in [7, 11) is 0. The number of nitrogens with zero attached hydrogens (tertiary/aromatic N) is 5. The number of rotatable bonds is 4. The van der Waals surface area contributed by atoms with E-state index in [0.29, 0.717) is 13.1 Å². The molecule has 1 aromatic heterocycles. The maximum atomic E-state index is 13.1. The minimum absolute atomic E-state index is 0.0215. The van der Waals surface area contributed by atoms with Gasteiger partial charge >= 0.3 is 6.03 Å². The van der Waals surface area contributed by atoms with Crippen molar-refractivity contribution >= 4 is 12.0 Å². The number of carbonyl (C=O) groups is 1. The predicted molar refractivity (Wildman–Crippen MR) is 123 cm³/mol. The van der Waals surface area contributed by atoms with Crippen LogP contribution >= 0.6 is 0 Å². The maximum absolute atomic E-state index is 13.1. The second-order valence-electron chi connectivity index (χ2n) is 9.64. The number of nitrogens with one attached hydrogen (secondary N) is 1. The van der Waals surface area contributed by atoms with Crippen molar-refractivity contribution in [1.82, 2.24) is 25.1 Å². The summed E-state index contributed by atoms with van der Waals surface area (Å²) >= 11 is 0. The third kappa shape index (κ3) is 5.34. The molecule has 1 fully saturated rings. The summed E-state index contributed by atoms with van der Waals surface area (Å²) in [6, 6.07) is 10.6. The van der Waals surface area contributed by atoms with E-state index in [1.807, 2.05) is 11.0 Å². The Bertz CT molecular complexity index is 873. The first-order valence-corrected chi connectivity index (χ1v) is 11.3. The Labute approximate surface area is 185 Å². The van der Waals surface area contributed by atoms with E-state index >= 15 is 0 Å². The van der Waals surface area contributed by atoms with E-state index in [2.05, 4.69) is 70.1 Å². The van der Waals surface area contributed by atoms with E-state index in [4.69, 9.17) is 0 Å². The van der Waals surface area contributed by atoms with Crippen molar-refractivity contribution in [3.8, 4) is 0 Å². The number of anilines is 1. The first-order chi connectivity index (χ1) is 14.9. The van der Waals surface area contributed by atoms with Crippen molar-refractivity contribution in [2.75, 3.05) is 44.2 Å². The van der Waals surface area contributed by atoms with Crippen molar-refractivity contribution in [3.05, 3.63) is 53.9 Å². The highest BCUT2D eigenvalue weighted by Crippen LogP contribution is 2.24. The molecule has 31 heavy (non-hydrogen) atoms. The SMILES string of the molecule is CC(C)(C)C(CN1CCc2ccccc2C1)NC(=O)N1CCN(c2ncccn2)CC1. The number of piperazine rings is 1. The van der Waals surface area contributed by atoms with Crippen LogP contribution in [0.1, 0.15) is 31.9 Å². The zero-order chi connectivity index (χ0) is 21.8. The van der Waals surface area contributed by atoms with Crippen molar-refractivity contribution in [3.63, 3.8) is 0 Å². The van der Waals surface area contributed by atoms with E-state index in [9.17, 15) is 4.79 Å². The van der Waals surface area contributed by atoms with E-state index in [-0.39, 0.29) is 17.5 Å². The summed E-state index contributed by atoms with van der Waals surface area (Å²) in [5.74, 6) is 0.737. The summed E-state index contributed by atoms with van der Waals surface area (Å²) in [6.07, 6.45) is 4.59. The average molecular weight is 423 g/mol. The fourth-order valence-corrected chi connectivity index (χ4v) is 4.31. The van der Waals surface area contributed by atoms with E-state index in [1.165, 1.54) is 11.1 Å². The summed E-state index contributed by atoms with van der Waals surface area (Å²) < 4.78 is 0. The molecule has 2 aliphatic rings. The Morgan fingerprint density at radius 1 is 1.00 bits per heavy atom. The van der Waals surface area contributed by atoms with Crippen molar-refractivity contribution in [2.24, 2.45) is 5.41 Å². The van der Waals surface area contributed by atoms with Gasteiger partial charge in [0.05, 0.1) is 0 Å². The van der Waals surface area contributed by atoms with Gasteiger partial charge in [-0.1, -0.05) is 45.0 Å². The van der Waals surface area contributed by atoms with Crippen LogP contribution in [0.15, 0.2) is 42.7 Å². The highest BCUT2D eigenvalue weighted by atomic mass is 16.2. The van der Waals surface area contributed by atoms with Crippen LogP contribution in [0.25, 0.3) is 0 Å². The summed E-state index contributed by atoms with van der Waals surface area (Å²) in [4.78, 5) is 28.3. The molecule has 0 spiro atoms. The first-order valence-electron chi connectivity index (χ1n) is 11.3.